The second-order valence-electron chi connectivity index (χ2n) is 2.83. The highest BCUT2D eigenvalue weighted by Crippen LogP contribution is 2.16. The van der Waals surface area contributed by atoms with E-state index in [-0.39, 0.29) is 0 Å². The quantitative estimate of drug-likeness (QED) is 0.466. The number of hydrogen-bond acceptors (Lipinski definition) is 1. The molecule has 1 rings (SSSR count). The van der Waals surface area contributed by atoms with E-state index < -0.39 is 0 Å². The summed E-state index contributed by atoms with van der Waals surface area (Å²) in [7, 11) is 0. The topological polar surface area (TPSA) is 9.23 Å². The second-order valence-corrected chi connectivity index (χ2v) is 2.83. The van der Waals surface area contributed by atoms with Crippen LogP contribution in [0.25, 0.3) is 0 Å². The Bertz CT molecular complexity index is 52.8. The molecule has 1 saturated heterocycles. The molecule has 0 spiro atoms. The van der Waals surface area contributed by atoms with Gasteiger partial charge in [0.05, 0.1) is 6.10 Å². The summed E-state index contributed by atoms with van der Waals surface area (Å²) in [6.07, 6.45) is 3.12. The van der Waals surface area contributed by atoms with Gasteiger partial charge >= 0.3 is 0 Å². The van der Waals surface area contributed by atoms with Crippen LogP contribution in [0.1, 0.15) is 26.7 Å². The van der Waals surface area contributed by atoms with E-state index in [0.717, 1.165) is 12.5 Å². The van der Waals surface area contributed by atoms with E-state index in [1.165, 1.54) is 12.8 Å². The number of ether oxygens (including phenoxy) is 1. The summed E-state index contributed by atoms with van der Waals surface area (Å²) in [4.78, 5) is 0. The van der Waals surface area contributed by atoms with Crippen LogP contribution in [0.2, 0.25) is 0 Å². The van der Waals surface area contributed by atoms with Crippen LogP contribution >= 0.6 is 0 Å². The number of hydrogen-bond donors (Lipinski definition) is 0. The molecule has 1 fully saturated rings. The molecule has 0 bridgehead atoms. The molecule has 0 aliphatic carbocycles. The highest BCUT2D eigenvalue weighted by molar-refractivity contribution is 4.62. The fraction of sp³-hybridized carbons (Fsp3) is 1.00. The van der Waals surface area contributed by atoms with E-state index in [1.807, 2.05) is 0 Å². The summed E-state index contributed by atoms with van der Waals surface area (Å²) >= 11 is 0. The molecule has 48 valence electrons. The van der Waals surface area contributed by atoms with E-state index in [4.69, 9.17) is 4.74 Å². The molecule has 0 N–H and O–H groups in total. The lowest BCUT2D eigenvalue weighted by molar-refractivity contribution is 0.000267. The molecule has 0 aromatic rings. The van der Waals surface area contributed by atoms with E-state index >= 15 is 0 Å². The van der Waals surface area contributed by atoms with Crippen molar-refractivity contribution in [3.05, 3.63) is 0 Å². The SMILES string of the molecule is CC1CC[C@@H](C)OC1. The van der Waals surface area contributed by atoms with Gasteiger partial charge < -0.3 is 4.74 Å². The Balaban J connectivity index is 2.19. The average Bonchev–Trinajstić information content (AvgIpc) is 1.77. The molecule has 0 aromatic heterocycles. The minimum atomic E-state index is 0.520. The normalized spacial score (nSPS) is 39.8. The Morgan fingerprint density at radius 2 is 2.00 bits per heavy atom. The molecular formula is C7H14O. The summed E-state index contributed by atoms with van der Waals surface area (Å²) in [5, 5.41) is 0. The van der Waals surface area contributed by atoms with Crippen molar-refractivity contribution in [3.8, 4) is 0 Å². The highest BCUT2D eigenvalue weighted by Gasteiger charge is 2.13. The van der Waals surface area contributed by atoms with Crippen LogP contribution in [-0.2, 0) is 4.74 Å². The third kappa shape index (κ3) is 1.48. The van der Waals surface area contributed by atoms with E-state index in [0.29, 0.717) is 6.10 Å². The van der Waals surface area contributed by atoms with Gasteiger partial charge in [0.2, 0.25) is 0 Å². The van der Waals surface area contributed by atoms with Crippen LogP contribution in [0.3, 0.4) is 0 Å². The monoisotopic (exact) mass is 114 g/mol. The Kier molecular flexibility index (Phi) is 1.90. The van der Waals surface area contributed by atoms with E-state index in [1.54, 1.807) is 0 Å². The Morgan fingerprint density at radius 3 is 2.38 bits per heavy atom. The number of rotatable bonds is 0. The zero-order valence-electron chi connectivity index (χ0n) is 5.68. The fourth-order valence-corrected chi connectivity index (χ4v) is 1.01. The molecule has 0 radical (unpaired) electrons. The molecule has 8 heavy (non-hydrogen) atoms. The van der Waals surface area contributed by atoms with Gasteiger partial charge in [-0.05, 0) is 25.7 Å². The van der Waals surface area contributed by atoms with Gasteiger partial charge in [0.25, 0.3) is 0 Å². The predicted octanol–water partition coefficient (Wildman–Crippen LogP) is 1.82. The van der Waals surface area contributed by atoms with Crippen molar-refractivity contribution >= 4 is 0 Å². The van der Waals surface area contributed by atoms with Gasteiger partial charge in [-0.25, -0.2) is 0 Å². The highest BCUT2D eigenvalue weighted by atomic mass is 16.5. The molecule has 0 amide bonds. The fourth-order valence-electron chi connectivity index (χ4n) is 1.01. The first-order valence-corrected chi connectivity index (χ1v) is 3.40. The van der Waals surface area contributed by atoms with Gasteiger partial charge in [0.1, 0.15) is 0 Å². The molecule has 1 heterocycles. The van der Waals surface area contributed by atoms with Gasteiger partial charge in [-0.15, -0.1) is 0 Å². The lowest BCUT2D eigenvalue weighted by atomic mass is 10.0. The Hall–Kier alpha value is -0.0400. The third-order valence-electron chi connectivity index (χ3n) is 1.73. The first-order valence-electron chi connectivity index (χ1n) is 3.40. The third-order valence-corrected chi connectivity index (χ3v) is 1.73. The van der Waals surface area contributed by atoms with Crippen LogP contribution in [-0.4, -0.2) is 12.7 Å². The predicted molar refractivity (Wildman–Crippen MR) is 33.8 cm³/mol. The first kappa shape index (κ1) is 6.09. The molecule has 1 aliphatic heterocycles. The zero-order chi connectivity index (χ0) is 5.98. The molecule has 1 unspecified atom stereocenters. The van der Waals surface area contributed by atoms with E-state index in [9.17, 15) is 0 Å². The zero-order valence-corrected chi connectivity index (χ0v) is 5.68. The van der Waals surface area contributed by atoms with Crippen LogP contribution in [0.5, 0.6) is 0 Å². The van der Waals surface area contributed by atoms with Crippen LogP contribution in [0.15, 0.2) is 0 Å². The van der Waals surface area contributed by atoms with Gasteiger partial charge in [-0.1, -0.05) is 6.92 Å². The van der Waals surface area contributed by atoms with Crippen molar-refractivity contribution in [1.29, 1.82) is 0 Å². The second kappa shape index (κ2) is 2.49. The minimum absolute atomic E-state index is 0.520. The van der Waals surface area contributed by atoms with Gasteiger partial charge in [-0.2, -0.15) is 0 Å². The van der Waals surface area contributed by atoms with Crippen molar-refractivity contribution in [2.45, 2.75) is 32.8 Å². The molecule has 1 nitrogen and oxygen atoms in total. The van der Waals surface area contributed by atoms with Crippen LogP contribution in [0.4, 0.5) is 0 Å². The minimum Gasteiger partial charge on any atom is -0.378 e. The molecular weight excluding hydrogens is 100 g/mol. The van der Waals surface area contributed by atoms with Crippen LogP contribution in [0, 0.1) is 5.92 Å². The first-order chi connectivity index (χ1) is 3.79. The molecule has 0 saturated carbocycles. The van der Waals surface area contributed by atoms with Crippen molar-refractivity contribution < 1.29 is 4.74 Å². The van der Waals surface area contributed by atoms with Gasteiger partial charge in [0, 0.05) is 6.61 Å². The Labute approximate surface area is 51.0 Å². The molecule has 0 aromatic carbocycles. The maximum absolute atomic E-state index is 5.39. The summed E-state index contributed by atoms with van der Waals surface area (Å²) in [6, 6.07) is 0. The van der Waals surface area contributed by atoms with E-state index in [2.05, 4.69) is 13.8 Å². The van der Waals surface area contributed by atoms with Crippen molar-refractivity contribution in [1.82, 2.24) is 0 Å². The smallest absolute Gasteiger partial charge is 0.0547 e. The maximum Gasteiger partial charge on any atom is 0.0547 e. The largest absolute Gasteiger partial charge is 0.378 e. The lowest BCUT2D eigenvalue weighted by Crippen LogP contribution is -2.21. The standard InChI is InChI=1S/C7H14O/c1-6-3-4-7(2)8-5-6/h6-7H,3-5H2,1-2H3/t6?,7-/m1/s1. The Morgan fingerprint density at radius 1 is 1.25 bits per heavy atom. The summed E-state index contributed by atoms with van der Waals surface area (Å²) < 4.78 is 5.39. The summed E-state index contributed by atoms with van der Waals surface area (Å²) in [5.74, 6) is 0.797. The van der Waals surface area contributed by atoms with Crippen LogP contribution < -0.4 is 0 Å². The molecule has 1 aliphatic rings. The van der Waals surface area contributed by atoms with Crippen molar-refractivity contribution in [2.24, 2.45) is 5.92 Å². The lowest BCUT2D eigenvalue weighted by Gasteiger charge is -2.23. The summed E-state index contributed by atoms with van der Waals surface area (Å²) in [6.45, 7) is 5.36. The van der Waals surface area contributed by atoms with Gasteiger partial charge in [0.15, 0.2) is 0 Å². The molecule has 1 heteroatoms. The molecule has 2 atom stereocenters. The maximum atomic E-state index is 5.39. The summed E-state index contributed by atoms with van der Waals surface area (Å²) in [5.41, 5.74) is 0. The van der Waals surface area contributed by atoms with Crippen molar-refractivity contribution in [2.75, 3.05) is 6.61 Å². The average molecular weight is 114 g/mol. The van der Waals surface area contributed by atoms with Crippen molar-refractivity contribution in [3.63, 3.8) is 0 Å². The van der Waals surface area contributed by atoms with Gasteiger partial charge in [-0.3, -0.25) is 0 Å².